The van der Waals surface area contributed by atoms with Crippen molar-refractivity contribution in [3.8, 4) is 6.07 Å². The van der Waals surface area contributed by atoms with Crippen molar-refractivity contribution in [1.82, 2.24) is 9.47 Å². The molecule has 2 aliphatic heterocycles. The normalized spacial score (nSPS) is 17.5. The number of carbonyl (C=O) groups excluding carboxylic acids is 2. The summed E-state index contributed by atoms with van der Waals surface area (Å²) in [5, 5.41) is 10.3. The molecule has 0 bridgehead atoms. The van der Waals surface area contributed by atoms with Gasteiger partial charge in [-0.3, -0.25) is 19.3 Å². The highest BCUT2D eigenvalue weighted by Crippen LogP contribution is 2.34. The molecule has 4 rings (SSSR count). The fourth-order valence-electron chi connectivity index (χ4n) is 3.83. The number of nitrogens with zero attached hydrogens (tertiary/aromatic N) is 4. The second kappa shape index (κ2) is 5.99. The molecule has 2 fully saturated rings. The van der Waals surface area contributed by atoms with E-state index < -0.39 is 0 Å². The lowest BCUT2D eigenvalue weighted by molar-refractivity contribution is -0.145. The van der Waals surface area contributed by atoms with Gasteiger partial charge in [0.25, 0.3) is 5.56 Å². The summed E-state index contributed by atoms with van der Waals surface area (Å²) in [6.45, 7) is 1.31. The number of imide groups is 1. The highest BCUT2D eigenvalue weighted by molar-refractivity contribution is 6.00. The van der Waals surface area contributed by atoms with Crippen LogP contribution in [0.15, 0.2) is 29.1 Å². The van der Waals surface area contributed by atoms with Crippen LogP contribution in [0.5, 0.6) is 0 Å². The Labute approximate surface area is 150 Å². The van der Waals surface area contributed by atoms with Gasteiger partial charge in [-0.05, 0) is 12.5 Å². The second-order valence-electron chi connectivity index (χ2n) is 6.81. The first-order valence-electron chi connectivity index (χ1n) is 8.64. The summed E-state index contributed by atoms with van der Waals surface area (Å²) in [6, 6.07) is 9.46. The molecule has 2 amide bonds. The van der Waals surface area contributed by atoms with Crippen LogP contribution in [0.25, 0.3) is 10.9 Å². The van der Waals surface area contributed by atoms with Crippen molar-refractivity contribution in [1.29, 1.82) is 5.26 Å². The van der Waals surface area contributed by atoms with E-state index in [9.17, 15) is 19.6 Å². The zero-order valence-corrected chi connectivity index (χ0v) is 14.4. The molecule has 7 heteroatoms. The van der Waals surface area contributed by atoms with E-state index >= 15 is 0 Å². The van der Waals surface area contributed by atoms with Crippen molar-refractivity contribution in [2.24, 2.45) is 13.0 Å². The Morgan fingerprint density at radius 2 is 1.96 bits per heavy atom. The summed E-state index contributed by atoms with van der Waals surface area (Å²) in [7, 11) is 1.65. The summed E-state index contributed by atoms with van der Waals surface area (Å²) >= 11 is 0. The molecule has 0 atom stereocenters. The van der Waals surface area contributed by atoms with Crippen molar-refractivity contribution in [2.45, 2.75) is 12.8 Å². The summed E-state index contributed by atoms with van der Waals surface area (Å²) in [5.41, 5.74) is 1.08. The number of hydrogen-bond acceptors (Lipinski definition) is 5. The van der Waals surface area contributed by atoms with Gasteiger partial charge < -0.3 is 9.47 Å². The Bertz CT molecular complexity index is 1030. The summed E-state index contributed by atoms with van der Waals surface area (Å²) in [5.74, 6) is -0.521. The standard InChI is InChI=1S/C19H18N4O3/c1-21-15-6-3-2-5-13(15)17(14(9-20)19(21)26)22-10-12(11-22)18(25)23-8-4-7-16(23)24/h2-3,5-6,12H,4,7-8,10-11H2,1H3. The number of amides is 2. The van der Waals surface area contributed by atoms with Crippen LogP contribution in [0.2, 0.25) is 0 Å². The number of benzene rings is 1. The summed E-state index contributed by atoms with van der Waals surface area (Å²) < 4.78 is 1.47. The first-order valence-corrected chi connectivity index (χ1v) is 8.64. The number of para-hydroxylation sites is 1. The lowest BCUT2D eigenvalue weighted by Crippen LogP contribution is -2.55. The molecule has 0 radical (unpaired) electrons. The lowest BCUT2D eigenvalue weighted by Gasteiger charge is -2.42. The molecule has 2 saturated heterocycles. The van der Waals surface area contributed by atoms with Gasteiger partial charge in [-0.1, -0.05) is 18.2 Å². The zero-order valence-electron chi connectivity index (χ0n) is 14.4. The Morgan fingerprint density at radius 1 is 1.23 bits per heavy atom. The third-order valence-electron chi connectivity index (χ3n) is 5.27. The number of aromatic nitrogens is 1. The first-order chi connectivity index (χ1) is 12.5. The van der Waals surface area contributed by atoms with Crippen LogP contribution < -0.4 is 10.5 Å². The third-order valence-corrected chi connectivity index (χ3v) is 5.27. The van der Waals surface area contributed by atoms with E-state index in [0.717, 1.165) is 17.3 Å². The van der Waals surface area contributed by atoms with Gasteiger partial charge in [-0.15, -0.1) is 0 Å². The highest BCUT2D eigenvalue weighted by Gasteiger charge is 2.40. The number of carbonyl (C=O) groups is 2. The van der Waals surface area contributed by atoms with Crippen LogP contribution in [0, 0.1) is 17.2 Å². The van der Waals surface area contributed by atoms with E-state index in [4.69, 9.17) is 0 Å². The molecule has 0 saturated carbocycles. The predicted molar refractivity (Wildman–Crippen MR) is 95.6 cm³/mol. The molecule has 26 heavy (non-hydrogen) atoms. The predicted octanol–water partition coefficient (Wildman–Crippen LogP) is 0.995. The quantitative estimate of drug-likeness (QED) is 0.754. The van der Waals surface area contributed by atoms with Crippen LogP contribution in [0.3, 0.4) is 0 Å². The largest absolute Gasteiger partial charge is 0.368 e. The number of pyridine rings is 1. The lowest BCUT2D eigenvalue weighted by atomic mass is 9.95. The van der Waals surface area contributed by atoms with E-state index in [-0.39, 0.29) is 28.9 Å². The third kappa shape index (κ3) is 2.30. The topological polar surface area (TPSA) is 86.4 Å². The molecule has 0 aliphatic carbocycles. The fraction of sp³-hybridized carbons (Fsp3) is 0.368. The molecule has 2 aliphatic rings. The first kappa shape index (κ1) is 16.3. The van der Waals surface area contributed by atoms with Gasteiger partial charge in [-0.2, -0.15) is 5.26 Å². The summed E-state index contributed by atoms with van der Waals surface area (Å²) in [6.07, 6.45) is 1.15. The van der Waals surface area contributed by atoms with Gasteiger partial charge in [0, 0.05) is 38.5 Å². The molecule has 0 unspecified atom stereocenters. The molecule has 132 valence electrons. The molecule has 0 N–H and O–H groups in total. The monoisotopic (exact) mass is 350 g/mol. The van der Waals surface area contributed by atoms with E-state index in [2.05, 4.69) is 0 Å². The number of hydrogen-bond donors (Lipinski definition) is 0. The average molecular weight is 350 g/mol. The van der Waals surface area contributed by atoms with E-state index in [0.29, 0.717) is 31.7 Å². The van der Waals surface area contributed by atoms with Crippen LogP contribution in [-0.2, 0) is 16.6 Å². The Morgan fingerprint density at radius 3 is 2.62 bits per heavy atom. The van der Waals surface area contributed by atoms with Gasteiger partial charge in [0.15, 0.2) is 0 Å². The van der Waals surface area contributed by atoms with Crippen LogP contribution in [0.4, 0.5) is 5.69 Å². The number of fused-ring (bicyclic) bond motifs is 1. The number of nitriles is 1. The number of anilines is 1. The molecule has 1 aromatic carbocycles. The van der Waals surface area contributed by atoms with Gasteiger partial charge >= 0.3 is 0 Å². The van der Waals surface area contributed by atoms with Crippen molar-refractivity contribution in [3.63, 3.8) is 0 Å². The maximum absolute atomic E-state index is 12.5. The number of aryl methyl sites for hydroxylation is 1. The van der Waals surface area contributed by atoms with Crippen molar-refractivity contribution in [2.75, 3.05) is 24.5 Å². The second-order valence-corrected chi connectivity index (χ2v) is 6.81. The van der Waals surface area contributed by atoms with Crippen LogP contribution in [-0.4, -0.2) is 40.9 Å². The minimum Gasteiger partial charge on any atom is -0.368 e. The maximum Gasteiger partial charge on any atom is 0.270 e. The van der Waals surface area contributed by atoms with Crippen molar-refractivity contribution < 1.29 is 9.59 Å². The number of rotatable bonds is 2. The SMILES string of the molecule is Cn1c(=O)c(C#N)c(N2CC(C(=O)N3CCCC3=O)C2)c2ccccc21. The smallest absolute Gasteiger partial charge is 0.270 e. The Hall–Kier alpha value is -3.14. The van der Waals surface area contributed by atoms with Gasteiger partial charge in [0.1, 0.15) is 11.6 Å². The highest BCUT2D eigenvalue weighted by atomic mass is 16.2. The average Bonchev–Trinajstić information content (AvgIpc) is 3.04. The zero-order chi connectivity index (χ0) is 18.4. The molecular formula is C19H18N4O3. The minimum atomic E-state index is -0.342. The molecule has 2 aromatic rings. The van der Waals surface area contributed by atoms with Gasteiger partial charge in [0.2, 0.25) is 11.8 Å². The van der Waals surface area contributed by atoms with E-state index in [1.54, 1.807) is 7.05 Å². The fourth-order valence-corrected chi connectivity index (χ4v) is 3.83. The van der Waals surface area contributed by atoms with Gasteiger partial charge in [0.05, 0.1) is 17.1 Å². The van der Waals surface area contributed by atoms with Crippen molar-refractivity contribution >= 4 is 28.4 Å². The maximum atomic E-state index is 12.5. The Kier molecular flexibility index (Phi) is 3.76. The van der Waals surface area contributed by atoms with E-state index in [1.165, 1.54) is 9.47 Å². The van der Waals surface area contributed by atoms with E-state index in [1.807, 2.05) is 35.2 Å². The molecule has 1 aromatic heterocycles. The molecular weight excluding hydrogens is 332 g/mol. The summed E-state index contributed by atoms with van der Waals surface area (Å²) in [4.78, 5) is 40.1. The van der Waals surface area contributed by atoms with Crippen molar-refractivity contribution in [3.05, 3.63) is 40.2 Å². The molecule has 7 nitrogen and oxygen atoms in total. The molecule has 3 heterocycles. The van der Waals surface area contributed by atoms with Crippen LogP contribution in [0.1, 0.15) is 18.4 Å². The number of likely N-dealkylation sites (tertiary alicyclic amines) is 1. The van der Waals surface area contributed by atoms with Crippen LogP contribution >= 0.6 is 0 Å². The molecule has 0 spiro atoms. The minimum absolute atomic E-state index is 0.0920. The Balaban J connectivity index is 1.68. The van der Waals surface area contributed by atoms with Gasteiger partial charge in [-0.25, -0.2) is 0 Å².